The fourth-order valence-corrected chi connectivity index (χ4v) is 3.36. The summed E-state index contributed by atoms with van der Waals surface area (Å²) in [6.07, 6.45) is 0. The Morgan fingerprint density at radius 3 is 2.29 bits per heavy atom. The van der Waals surface area contributed by atoms with E-state index in [0.717, 1.165) is 5.56 Å². The van der Waals surface area contributed by atoms with E-state index >= 15 is 0 Å². The Bertz CT molecular complexity index is 459. The Morgan fingerprint density at radius 2 is 1.82 bits per heavy atom. The summed E-state index contributed by atoms with van der Waals surface area (Å²) in [7, 11) is -1.79. The zero-order chi connectivity index (χ0) is 13.1. The van der Waals surface area contributed by atoms with Crippen LogP contribution < -0.4 is 0 Å². The van der Waals surface area contributed by atoms with Gasteiger partial charge in [0, 0.05) is 23.7 Å². The van der Waals surface area contributed by atoms with Gasteiger partial charge in [0.2, 0.25) is 10.0 Å². The summed E-state index contributed by atoms with van der Waals surface area (Å²) in [6, 6.07) is 6.88. The first-order valence-electron chi connectivity index (χ1n) is 5.11. The molecule has 17 heavy (non-hydrogen) atoms. The molecule has 0 radical (unpaired) electrons. The second-order valence-corrected chi connectivity index (χ2v) is 7.84. The molecule has 0 fully saturated rings. The topological polar surface area (TPSA) is 37.4 Å². The minimum atomic E-state index is -3.38. The standard InChI is InChI=1S/C11H15Br2NO2S/c1-9-3-5-11(6-4-9)17(15,16)14(2)8-10(13)7-12/h3-6,10H,7-8H2,1-2H3. The van der Waals surface area contributed by atoms with Gasteiger partial charge in [-0.15, -0.1) is 0 Å². The predicted molar refractivity (Wildman–Crippen MR) is 77.5 cm³/mol. The van der Waals surface area contributed by atoms with E-state index in [2.05, 4.69) is 31.9 Å². The number of benzene rings is 1. The van der Waals surface area contributed by atoms with E-state index in [-0.39, 0.29) is 4.83 Å². The van der Waals surface area contributed by atoms with Crippen molar-refractivity contribution >= 4 is 41.9 Å². The second-order valence-electron chi connectivity index (χ2n) is 3.85. The van der Waals surface area contributed by atoms with E-state index in [1.807, 2.05) is 6.92 Å². The maximum atomic E-state index is 12.2. The van der Waals surface area contributed by atoms with Crippen LogP contribution in [0.2, 0.25) is 0 Å². The average Bonchev–Trinajstić information content (AvgIpc) is 2.29. The van der Waals surface area contributed by atoms with Gasteiger partial charge in [-0.2, -0.15) is 4.31 Å². The Balaban J connectivity index is 2.91. The summed E-state index contributed by atoms with van der Waals surface area (Å²) in [4.78, 5) is 0.438. The van der Waals surface area contributed by atoms with Crippen molar-refractivity contribution in [2.45, 2.75) is 16.6 Å². The van der Waals surface area contributed by atoms with E-state index in [0.29, 0.717) is 16.8 Å². The molecule has 6 heteroatoms. The Morgan fingerprint density at radius 1 is 1.29 bits per heavy atom. The third kappa shape index (κ3) is 4.05. The molecule has 1 rings (SSSR count). The summed E-state index contributed by atoms with van der Waals surface area (Å²) in [5.41, 5.74) is 1.05. The molecule has 0 saturated heterocycles. The van der Waals surface area contributed by atoms with Crippen LogP contribution in [0.25, 0.3) is 0 Å². The molecule has 0 bridgehead atoms. The van der Waals surface area contributed by atoms with Crippen LogP contribution in [-0.4, -0.2) is 36.5 Å². The first-order valence-corrected chi connectivity index (χ1v) is 8.58. The lowest BCUT2D eigenvalue weighted by molar-refractivity contribution is 0.475. The fraction of sp³-hybridized carbons (Fsp3) is 0.455. The van der Waals surface area contributed by atoms with Crippen LogP contribution in [0.4, 0.5) is 0 Å². The molecule has 3 nitrogen and oxygen atoms in total. The van der Waals surface area contributed by atoms with Crippen molar-refractivity contribution < 1.29 is 8.42 Å². The van der Waals surface area contributed by atoms with Crippen LogP contribution >= 0.6 is 31.9 Å². The molecule has 0 aromatic heterocycles. The number of halogens is 2. The number of sulfonamides is 1. The molecule has 1 aromatic rings. The first kappa shape index (κ1) is 15.1. The van der Waals surface area contributed by atoms with Crippen LogP contribution in [0.15, 0.2) is 29.2 Å². The second kappa shape index (κ2) is 6.31. The Hall–Kier alpha value is 0.0900. The highest BCUT2D eigenvalue weighted by atomic mass is 79.9. The molecule has 1 unspecified atom stereocenters. The number of aryl methyl sites for hydroxylation is 1. The third-order valence-electron chi connectivity index (χ3n) is 2.35. The number of rotatable bonds is 5. The van der Waals surface area contributed by atoms with Crippen molar-refractivity contribution in [1.29, 1.82) is 0 Å². The van der Waals surface area contributed by atoms with Crippen LogP contribution in [-0.2, 0) is 10.0 Å². The molecule has 96 valence electrons. The van der Waals surface area contributed by atoms with Gasteiger partial charge in [0.05, 0.1) is 4.90 Å². The minimum Gasteiger partial charge on any atom is -0.207 e. The van der Waals surface area contributed by atoms with Gasteiger partial charge in [0.15, 0.2) is 0 Å². The van der Waals surface area contributed by atoms with Crippen molar-refractivity contribution in [2.75, 3.05) is 18.9 Å². The molecule has 1 atom stereocenters. The van der Waals surface area contributed by atoms with Crippen molar-refractivity contribution in [3.63, 3.8) is 0 Å². The molecule has 1 aromatic carbocycles. The number of hydrogen-bond acceptors (Lipinski definition) is 2. The molecule has 0 saturated carbocycles. The quantitative estimate of drug-likeness (QED) is 0.732. The molecule has 0 aliphatic carbocycles. The molecular weight excluding hydrogens is 370 g/mol. The van der Waals surface area contributed by atoms with E-state index in [1.54, 1.807) is 31.3 Å². The molecule has 0 amide bonds. The summed E-state index contributed by atoms with van der Waals surface area (Å²) in [5.74, 6) is 0. The summed E-state index contributed by atoms with van der Waals surface area (Å²) >= 11 is 6.71. The zero-order valence-electron chi connectivity index (χ0n) is 9.73. The maximum Gasteiger partial charge on any atom is 0.242 e. The lowest BCUT2D eigenvalue weighted by Gasteiger charge is -2.19. The average molecular weight is 385 g/mol. The SMILES string of the molecule is Cc1ccc(S(=O)(=O)N(C)CC(Br)CBr)cc1. The number of alkyl halides is 2. The predicted octanol–water partition coefficient (Wildman–Crippen LogP) is 2.77. The highest BCUT2D eigenvalue weighted by Gasteiger charge is 2.22. The molecule has 0 heterocycles. The van der Waals surface area contributed by atoms with Crippen LogP contribution in [0.3, 0.4) is 0 Å². The number of hydrogen-bond donors (Lipinski definition) is 0. The van der Waals surface area contributed by atoms with Gasteiger partial charge < -0.3 is 0 Å². The van der Waals surface area contributed by atoms with Gasteiger partial charge in [-0.05, 0) is 19.1 Å². The van der Waals surface area contributed by atoms with Crippen molar-refractivity contribution in [3.05, 3.63) is 29.8 Å². The molecule has 0 aliphatic heterocycles. The van der Waals surface area contributed by atoms with Gasteiger partial charge in [-0.3, -0.25) is 0 Å². The van der Waals surface area contributed by atoms with E-state index < -0.39 is 10.0 Å². The lowest BCUT2D eigenvalue weighted by atomic mass is 10.2. The highest BCUT2D eigenvalue weighted by Crippen LogP contribution is 2.17. The van der Waals surface area contributed by atoms with E-state index in [9.17, 15) is 8.42 Å². The van der Waals surface area contributed by atoms with Crippen molar-refractivity contribution in [2.24, 2.45) is 0 Å². The van der Waals surface area contributed by atoms with Gasteiger partial charge in [0.25, 0.3) is 0 Å². The van der Waals surface area contributed by atoms with Gasteiger partial charge in [0.1, 0.15) is 0 Å². The number of nitrogens with zero attached hydrogens (tertiary/aromatic N) is 1. The third-order valence-corrected chi connectivity index (χ3v) is 6.45. The normalized spacial score (nSPS) is 13.9. The molecule has 0 N–H and O–H groups in total. The van der Waals surface area contributed by atoms with E-state index in [1.165, 1.54) is 4.31 Å². The summed E-state index contributed by atoms with van der Waals surface area (Å²) in [5, 5.41) is 0.709. The minimum absolute atomic E-state index is 0.104. The molecular formula is C11H15Br2NO2S. The smallest absolute Gasteiger partial charge is 0.207 e. The van der Waals surface area contributed by atoms with Crippen molar-refractivity contribution in [3.8, 4) is 0 Å². The Kier molecular flexibility index (Phi) is 5.63. The van der Waals surface area contributed by atoms with Crippen LogP contribution in [0.5, 0.6) is 0 Å². The van der Waals surface area contributed by atoms with E-state index in [4.69, 9.17) is 0 Å². The first-order chi connectivity index (χ1) is 7.87. The van der Waals surface area contributed by atoms with Gasteiger partial charge in [-0.1, -0.05) is 49.6 Å². The summed E-state index contributed by atoms with van der Waals surface area (Å²) < 4.78 is 25.7. The monoisotopic (exact) mass is 383 g/mol. The van der Waals surface area contributed by atoms with Crippen molar-refractivity contribution in [1.82, 2.24) is 4.31 Å². The lowest BCUT2D eigenvalue weighted by Crippen LogP contribution is -2.32. The highest BCUT2D eigenvalue weighted by molar-refractivity contribution is 9.12. The summed E-state index contributed by atoms with van der Waals surface area (Å²) in [6.45, 7) is 2.36. The van der Waals surface area contributed by atoms with Crippen LogP contribution in [0, 0.1) is 6.92 Å². The molecule has 0 spiro atoms. The van der Waals surface area contributed by atoms with Gasteiger partial charge >= 0.3 is 0 Å². The molecule has 0 aliphatic rings. The maximum absolute atomic E-state index is 12.2. The fourth-order valence-electron chi connectivity index (χ4n) is 1.32. The van der Waals surface area contributed by atoms with Gasteiger partial charge in [-0.25, -0.2) is 8.42 Å². The largest absolute Gasteiger partial charge is 0.242 e. The Labute approximate surface area is 120 Å². The van der Waals surface area contributed by atoms with Crippen LogP contribution in [0.1, 0.15) is 5.56 Å². The zero-order valence-corrected chi connectivity index (χ0v) is 13.7.